The molecule has 2 rings (SSSR count). The normalized spacial score (nSPS) is 20.0. The first-order valence-corrected chi connectivity index (χ1v) is 8.95. The first-order chi connectivity index (χ1) is 10.2. The predicted octanol–water partition coefficient (Wildman–Crippen LogP) is 0.971. The number of aliphatic imine (C=N–C) groups is 1. The number of halogens is 1. The molecular weight excluding hydrogens is 433 g/mol. The molecule has 1 N–H and O–H groups in total. The molecule has 0 saturated carbocycles. The van der Waals surface area contributed by atoms with E-state index in [-0.39, 0.29) is 29.7 Å². The van der Waals surface area contributed by atoms with Crippen LogP contribution in [0, 0.1) is 6.92 Å². The maximum Gasteiger partial charge on any atom is 0.223 e. The standard InChI is InChI=1S/C13H23N5O3S.HI/c1-5-14-12(15-8-11-16-10(2)21-17-11)18-6-7-22(19,20)13(3,4)9-18;/h5-9H2,1-4H3,(H,14,15);1H. The molecule has 1 aromatic heterocycles. The fourth-order valence-electron chi connectivity index (χ4n) is 2.30. The van der Waals surface area contributed by atoms with Gasteiger partial charge in [-0.1, -0.05) is 5.16 Å². The Bertz CT molecular complexity index is 656. The van der Waals surface area contributed by atoms with Crippen molar-refractivity contribution in [2.45, 2.75) is 39.0 Å². The molecule has 1 aliphatic heterocycles. The lowest BCUT2D eigenvalue weighted by Gasteiger charge is -2.39. The average Bonchev–Trinajstić information content (AvgIpc) is 2.84. The molecule has 0 aromatic carbocycles. The van der Waals surface area contributed by atoms with Crippen LogP contribution in [0.1, 0.15) is 32.5 Å². The van der Waals surface area contributed by atoms with Gasteiger partial charge < -0.3 is 14.7 Å². The van der Waals surface area contributed by atoms with Crippen molar-refractivity contribution in [3.8, 4) is 0 Å². The van der Waals surface area contributed by atoms with E-state index in [1.54, 1.807) is 20.8 Å². The third-order valence-corrected chi connectivity index (χ3v) is 6.15. The quantitative estimate of drug-likeness (QED) is 0.410. The number of hydrogen-bond acceptors (Lipinski definition) is 6. The van der Waals surface area contributed by atoms with E-state index in [1.807, 2.05) is 11.8 Å². The summed E-state index contributed by atoms with van der Waals surface area (Å²) in [5.41, 5.74) is 0. The van der Waals surface area contributed by atoms with E-state index >= 15 is 0 Å². The number of guanidine groups is 1. The molecule has 0 spiro atoms. The minimum absolute atomic E-state index is 0. The SMILES string of the molecule is CCNC(=NCc1noc(C)n1)N1CCS(=O)(=O)C(C)(C)C1.I. The molecule has 1 aliphatic rings. The first kappa shape index (κ1) is 20.1. The van der Waals surface area contributed by atoms with Crippen molar-refractivity contribution in [2.24, 2.45) is 4.99 Å². The van der Waals surface area contributed by atoms with Gasteiger partial charge in [-0.2, -0.15) is 4.98 Å². The van der Waals surface area contributed by atoms with Crippen LogP contribution < -0.4 is 5.32 Å². The average molecular weight is 457 g/mol. The van der Waals surface area contributed by atoms with Crippen LogP contribution in [-0.4, -0.2) is 59.6 Å². The molecule has 1 aromatic rings. The number of nitrogens with one attached hydrogen (secondary N) is 1. The predicted molar refractivity (Wildman–Crippen MR) is 98.7 cm³/mol. The zero-order valence-corrected chi connectivity index (χ0v) is 17.0. The Morgan fingerprint density at radius 2 is 2.17 bits per heavy atom. The third kappa shape index (κ3) is 4.78. The fraction of sp³-hybridized carbons (Fsp3) is 0.769. The highest BCUT2D eigenvalue weighted by molar-refractivity contribution is 14.0. The maximum atomic E-state index is 12.1. The van der Waals surface area contributed by atoms with Gasteiger partial charge in [0.1, 0.15) is 6.54 Å². The van der Waals surface area contributed by atoms with Crippen molar-refractivity contribution in [3.63, 3.8) is 0 Å². The second-order valence-corrected chi connectivity index (χ2v) is 8.64. The smallest absolute Gasteiger partial charge is 0.223 e. The van der Waals surface area contributed by atoms with Crippen molar-refractivity contribution in [1.82, 2.24) is 20.4 Å². The summed E-state index contributed by atoms with van der Waals surface area (Å²) in [7, 11) is -3.07. The lowest BCUT2D eigenvalue weighted by atomic mass is 10.2. The molecule has 0 unspecified atom stereocenters. The molecule has 8 nitrogen and oxygen atoms in total. The van der Waals surface area contributed by atoms with E-state index in [0.29, 0.717) is 43.9 Å². The van der Waals surface area contributed by atoms with Gasteiger partial charge in [0.25, 0.3) is 0 Å². The van der Waals surface area contributed by atoms with Crippen LogP contribution in [0.5, 0.6) is 0 Å². The third-order valence-electron chi connectivity index (χ3n) is 3.62. The van der Waals surface area contributed by atoms with Crippen molar-refractivity contribution < 1.29 is 12.9 Å². The number of aromatic nitrogens is 2. The highest BCUT2D eigenvalue weighted by Gasteiger charge is 2.40. The lowest BCUT2D eigenvalue weighted by Crippen LogP contribution is -2.57. The molecule has 132 valence electrons. The van der Waals surface area contributed by atoms with Crippen molar-refractivity contribution in [1.29, 1.82) is 0 Å². The largest absolute Gasteiger partial charge is 0.357 e. The Morgan fingerprint density at radius 1 is 1.48 bits per heavy atom. The number of sulfone groups is 1. The topological polar surface area (TPSA) is 101 Å². The summed E-state index contributed by atoms with van der Waals surface area (Å²) in [6, 6.07) is 0. The molecule has 0 radical (unpaired) electrons. The van der Waals surface area contributed by atoms with E-state index in [1.165, 1.54) is 0 Å². The molecule has 23 heavy (non-hydrogen) atoms. The van der Waals surface area contributed by atoms with Gasteiger partial charge in [-0.15, -0.1) is 24.0 Å². The van der Waals surface area contributed by atoms with E-state index in [9.17, 15) is 8.42 Å². The summed E-state index contributed by atoms with van der Waals surface area (Å²) in [5.74, 6) is 1.82. The molecule has 0 atom stereocenters. The van der Waals surface area contributed by atoms with Crippen molar-refractivity contribution in [3.05, 3.63) is 11.7 Å². The molecule has 0 amide bonds. The van der Waals surface area contributed by atoms with E-state index in [2.05, 4.69) is 20.4 Å². The van der Waals surface area contributed by atoms with Crippen LogP contribution in [0.4, 0.5) is 0 Å². The fourth-order valence-corrected chi connectivity index (χ4v) is 3.67. The van der Waals surface area contributed by atoms with E-state index in [4.69, 9.17) is 4.52 Å². The van der Waals surface area contributed by atoms with Crippen LogP contribution in [0.15, 0.2) is 9.52 Å². The number of aryl methyl sites for hydroxylation is 1. The van der Waals surface area contributed by atoms with Crippen LogP contribution in [0.25, 0.3) is 0 Å². The van der Waals surface area contributed by atoms with Gasteiger partial charge in [-0.05, 0) is 20.8 Å². The number of nitrogens with zero attached hydrogens (tertiary/aromatic N) is 4. The molecule has 10 heteroatoms. The van der Waals surface area contributed by atoms with Gasteiger partial charge in [-0.3, -0.25) is 0 Å². The van der Waals surface area contributed by atoms with Crippen LogP contribution in [0.3, 0.4) is 0 Å². The van der Waals surface area contributed by atoms with Gasteiger partial charge in [0.2, 0.25) is 5.89 Å². The number of rotatable bonds is 3. The lowest BCUT2D eigenvalue weighted by molar-refractivity contribution is 0.353. The summed E-state index contributed by atoms with van der Waals surface area (Å²) in [4.78, 5) is 10.6. The Hall–Kier alpha value is -0.910. The molecule has 0 bridgehead atoms. The maximum absolute atomic E-state index is 12.1. The zero-order valence-electron chi connectivity index (χ0n) is 13.9. The summed E-state index contributed by atoms with van der Waals surface area (Å²) >= 11 is 0. The summed E-state index contributed by atoms with van der Waals surface area (Å²) < 4.78 is 28.3. The Labute approximate surface area is 154 Å². The molecular formula is C13H24IN5O3S. The highest BCUT2D eigenvalue weighted by atomic mass is 127. The molecule has 1 saturated heterocycles. The molecule has 0 aliphatic carbocycles. The van der Waals surface area contributed by atoms with Gasteiger partial charge in [0.05, 0.1) is 10.5 Å². The van der Waals surface area contributed by atoms with Gasteiger partial charge in [-0.25, -0.2) is 13.4 Å². The van der Waals surface area contributed by atoms with E-state index < -0.39 is 14.6 Å². The van der Waals surface area contributed by atoms with Crippen LogP contribution in [0.2, 0.25) is 0 Å². The first-order valence-electron chi connectivity index (χ1n) is 7.30. The van der Waals surface area contributed by atoms with Crippen molar-refractivity contribution >= 4 is 39.8 Å². The Balaban J connectivity index is 0.00000264. The van der Waals surface area contributed by atoms with Crippen LogP contribution in [-0.2, 0) is 16.4 Å². The minimum atomic E-state index is -3.07. The Morgan fingerprint density at radius 3 is 2.70 bits per heavy atom. The second kappa shape index (κ2) is 7.77. The monoisotopic (exact) mass is 457 g/mol. The van der Waals surface area contributed by atoms with E-state index in [0.717, 1.165) is 0 Å². The molecule has 1 fully saturated rings. The summed E-state index contributed by atoms with van der Waals surface area (Å²) in [5, 5.41) is 7.00. The summed E-state index contributed by atoms with van der Waals surface area (Å²) in [6.07, 6.45) is 0. The van der Waals surface area contributed by atoms with Crippen molar-refractivity contribution in [2.75, 3.05) is 25.4 Å². The highest BCUT2D eigenvalue weighted by Crippen LogP contribution is 2.23. The second-order valence-electron chi connectivity index (χ2n) is 5.90. The number of hydrogen-bond donors (Lipinski definition) is 1. The van der Waals surface area contributed by atoms with Gasteiger partial charge in [0.15, 0.2) is 21.6 Å². The van der Waals surface area contributed by atoms with Gasteiger partial charge >= 0.3 is 0 Å². The minimum Gasteiger partial charge on any atom is -0.357 e. The van der Waals surface area contributed by atoms with Gasteiger partial charge in [0, 0.05) is 26.6 Å². The summed E-state index contributed by atoms with van der Waals surface area (Å²) in [6.45, 7) is 9.04. The van der Waals surface area contributed by atoms with Crippen LogP contribution >= 0.6 is 24.0 Å². The Kier molecular flexibility index (Phi) is 6.81. The zero-order chi connectivity index (χ0) is 16.4. The molecule has 2 heterocycles.